The van der Waals surface area contributed by atoms with Crippen molar-refractivity contribution in [2.45, 2.75) is 11.8 Å². The number of benzene rings is 2. The number of nitrogens with zero attached hydrogens (tertiary/aromatic N) is 1. The largest absolute Gasteiger partial charge is 0.298 e. The molecule has 3 nitrogen and oxygen atoms in total. The van der Waals surface area contributed by atoms with Gasteiger partial charge in [0.25, 0.3) is 5.91 Å². The Morgan fingerprint density at radius 3 is 2.70 bits per heavy atom. The molecular weight excluding hydrogens is 338 g/mol. The van der Waals surface area contributed by atoms with E-state index in [0.717, 1.165) is 28.1 Å². The molecular formula is C16H12F2N2OS2. The van der Waals surface area contributed by atoms with Crippen molar-refractivity contribution in [2.75, 3.05) is 11.1 Å². The summed E-state index contributed by atoms with van der Waals surface area (Å²) < 4.78 is 27.2. The van der Waals surface area contributed by atoms with Crippen LogP contribution in [-0.2, 0) is 0 Å². The summed E-state index contributed by atoms with van der Waals surface area (Å²) in [6, 6.07) is 9.16. The maximum absolute atomic E-state index is 13.6. The number of thiazole rings is 1. The van der Waals surface area contributed by atoms with Gasteiger partial charge < -0.3 is 0 Å². The fourth-order valence-electron chi connectivity index (χ4n) is 2.05. The zero-order chi connectivity index (χ0) is 16.4. The Bertz CT molecular complexity index is 862. The number of halogens is 2. The van der Waals surface area contributed by atoms with E-state index < -0.39 is 11.6 Å². The van der Waals surface area contributed by atoms with Gasteiger partial charge in [-0.3, -0.25) is 10.1 Å². The standard InChI is InChI=1S/C16H12F2N2OS2/c1-2-22-11-5-3-9(4-6-11)15(21)20-16-19-14-12(18)7-10(17)8-13(14)23-16/h3-8H,2H2,1H3,(H,19,20,21). The summed E-state index contributed by atoms with van der Waals surface area (Å²) in [6.45, 7) is 2.06. The summed E-state index contributed by atoms with van der Waals surface area (Å²) in [5.41, 5.74) is 0.540. The van der Waals surface area contributed by atoms with Crippen molar-refractivity contribution in [3.05, 3.63) is 53.6 Å². The van der Waals surface area contributed by atoms with Crippen LogP contribution in [0, 0.1) is 11.6 Å². The van der Waals surface area contributed by atoms with Crippen molar-refractivity contribution in [2.24, 2.45) is 0 Å². The molecule has 1 N–H and O–H groups in total. The first-order chi connectivity index (χ1) is 11.1. The lowest BCUT2D eigenvalue weighted by Crippen LogP contribution is -2.11. The maximum Gasteiger partial charge on any atom is 0.257 e. The van der Waals surface area contributed by atoms with E-state index in [4.69, 9.17) is 0 Å². The van der Waals surface area contributed by atoms with Gasteiger partial charge in [-0.2, -0.15) is 0 Å². The van der Waals surface area contributed by atoms with Gasteiger partial charge in [-0.1, -0.05) is 18.3 Å². The van der Waals surface area contributed by atoms with Gasteiger partial charge >= 0.3 is 0 Å². The number of carbonyl (C=O) groups excluding carboxylic acids is 1. The molecule has 1 amide bonds. The molecule has 2 aromatic carbocycles. The normalized spacial score (nSPS) is 10.9. The second-order valence-corrected chi connectivity index (χ2v) is 7.03. The molecule has 0 unspecified atom stereocenters. The molecule has 118 valence electrons. The van der Waals surface area contributed by atoms with Crippen LogP contribution in [0.25, 0.3) is 10.2 Å². The van der Waals surface area contributed by atoms with Gasteiger partial charge in [0.2, 0.25) is 0 Å². The monoisotopic (exact) mass is 350 g/mol. The van der Waals surface area contributed by atoms with E-state index in [2.05, 4.69) is 17.2 Å². The summed E-state index contributed by atoms with van der Waals surface area (Å²) in [6.07, 6.45) is 0. The zero-order valence-electron chi connectivity index (χ0n) is 12.1. The molecule has 0 saturated heterocycles. The quantitative estimate of drug-likeness (QED) is 0.678. The van der Waals surface area contributed by atoms with Crippen LogP contribution < -0.4 is 5.32 Å². The van der Waals surface area contributed by atoms with Gasteiger partial charge in [-0.15, -0.1) is 11.8 Å². The third kappa shape index (κ3) is 3.51. The minimum atomic E-state index is -0.738. The zero-order valence-corrected chi connectivity index (χ0v) is 13.7. The molecule has 0 aliphatic carbocycles. The lowest BCUT2D eigenvalue weighted by Gasteiger charge is -2.03. The number of nitrogens with one attached hydrogen (secondary N) is 1. The van der Waals surface area contributed by atoms with Crippen LogP contribution >= 0.6 is 23.1 Å². The first-order valence-electron chi connectivity index (χ1n) is 6.86. The molecule has 0 spiro atoms. The summed E-state index contributed by atoms with van der Waals surface area (Å²) in [7, 11) is 0. The van der Waals surface area contributed by atoms with Gasteiger partial charge in [-0.05, 0) is 36.1 Å². The topological polar surface area (TPSA) is 42.0 Å². The number of rotatable bonds is 4. The summed E-state index contributed by atoms with van der Waals surface area (Å²) in [5, 5.41) is 2.86. The van der Waals surface area contributed by atoms with Crippen LogP contribution in [-0.4, -0.2) is 16.6 Å². The Kier molecular flexibility index (Phi) is 4.58. The first kappa shape index (κ1) is 15.9. The van der Waals surface area contributed by atoms with E-state index in [0.29, 0.717) is 10.3 Å². The number of thioether (sulfide) groups is 1. The van der Waals surface area contributed by atoms with E-state index in [1.807, 2.05) is 12.1 Å². The Morgan fingerprint density at radius 1 is 1.26 bits per heavy atom. The lowest BCUT2D eigenvalue weighted by atomic mass is 10.2. The van der Waals surface area contributed by atoms with Gasteiger partial charge in [0.1, 0.15) is 11.3 Å². The number of fused-ring (bicyclic) bond motifs is 1. The Hall–Kier alpha value is -1.99. The van der Waals surface area contributed by atoms with Crippen molar-refractivity contribution in [1.29, 1.82) is 0 Å². The average molecular weight is 350 g/mol. The van der Waals surface area contributed by atoms with Crippen LogP contribution in [0.5, 0.6) is 0 Å². The Labute approximate surface area is 139 Å². The smallest absolute Gasteiger partial charge is 0.257 e. The maximum atomic E-state index is 13.6. The summed E-state index contributed by atoms with van der Waals surface area (Å²) in [4.78, 5) is 17.3. The number of carbonyl (C=O) groups is 1. The Morgan fingerprint density at radius 2 is 2.00 bits per heavy atom. The molecule has 0 fully saturated rings. The highest BCUT2D eigenvalue weighted by Crippen LogP contribution is 2.29. The van der Waals surface area contributed by atoms with E-state index in [1.165, 1.54) is 6.07 Å². The van der Waals surface area contributed by atoms with Crippen molar-refractivity contribution in [1.82, 2.24) is 4.98 Å². The van der Waals surface area contributed by atoms with Crippen LogP contribution in [0.15, 0.2) is 41.3 Å². The fraction of sp³-hybridized carbons (Fsp3) is 0.125. The minimum Gasteiger partial charge on any atom is -0.298 e. The minimum absolute atomic E-state index is 0.0568. The second-order valence-electron chi connectivity index (χ2n) is 4.66. The van der Waals surface area contributed by atoms with Crippen LogP contribution in [0.1, 0.15) is 17.3 Å². The molecule has 1 heterocycles. The highest BCUT2D eigenvalue weighted by atomic mass is 32.2. The highest BCUT2D eigenvalue weighted by molar-refractivity contribution is 7.99. The second kappa shape index (κ2) is 6.64. The summed E-state index contributed by atoms with van der Waals surface area (Å²) >= 11 is 2.72. The fourth-order valence-corrected chi connectivity index (χ4v) is 3.61. The van der Waals surface area contributed by atoms with Crippen molar-refractivity contribution in [3.63, 3.8) is 0 Å². The number of hydrogen-bond acceptors (Lipinski definition) is 4. The third-order valence-corrected chi connectivity index (χ3v) is 4.87. The van der Waals surface area contributed by atoms with E-state index >= 15 is 0 Å². The molecule has 0 aliphatic rings. The number of amides is 1. The van der Waals surface area contributed by atoms with Crippen LogP contribution in [0.4, 0.5) is 13.9 Å². The van der Waals surface area contributed by atoms with E-state index in [9.17, 15) is 13.6 Å². The third-order valence-electron chi connectivity index (χ3n) is 3.06. The molecule has 0 saturated carbocycles. The van der Waals surface area contributed by atoms with Crippen LogP contribution in [0.3, 0.4) is 0 Å². The molecule has 7 heteroatoms. The highest BCUT2D eigenvalue weighted by Gasteiger charge is 2.13. The summed E-state index contributed by atoms with van der Waals surface area (Å²) in [5.74, 6) is -0.782. The molecule has 0 bridgehead atoms. The van der Waals surface area contributed by atoms with Crippen molar-refractivity contribution in [3.8, 4) is 0 Å². The molecule has 3 rings (SSSR count). The Balaban J connectivity index is 1.81. The van der Waals surface area contributed by atoms with Gasteiger partial charge in [0.05, 0.1) is 4.70 Å². The molecule has 0 atom stereocenters. The van der Waals surface area contributed by atoms with Crippen molar-refractivity contribution >= 4 is 44.4 Å². The van der Waals surface area contributed by atoms with Gasteiger partial charge in [-0.25, -0.2) is 13.8 Å². The molecule has 1 aromatic heterocycles. The molecule has 23 heavy (non-hydrogen) atoms. The number of aromatic nitrogens is 1. The van der Waals surface area contributed by atoms with Crippen molar-refractivity contribution < 1.29 is 13.6 Å². The van der Waals surface area contributed by atoms with E-state index in [-0.39, 0.29) is 16.6 Å². The number of anilines is 1. The van der Waals surface area contributed by atoms with Gasteiger partial charge in [0, 0.05) is 16.5 Å². The SMILES string of the molecule is CCSc1ccc(C(=O)Nc2nc3c(F)cc(F)cc3s2)cc1. The predicted octanol–water partition coefficient (Wildman–Crippen LogP) is 4.94. The van der Waals surface area contributed by atoms with Gasteiger partial charge in [0.15, 0.2) is 10.9 Å². The lowest BCUT2D eigenvalue weighted by molar-refractivity contribution is 0.102. The first-order valence-corrected chi connectivity index (χ1v) is 8.67. The predicted molar refractivity (Wildman–Crippen MR) is 90.3 cm³/mol. The molecule has 0 aliphatic heterocycles. The van der Waals surface area contributed by atoms with Crippen LogP contribution in [0.2, 0.25) is 0 Å². The average Bonchev–Trinajstić information content (AvgIpc) is 2.91. The molecule has 0 radical (unpaired) electrons. The molecule has 3 aromatic rings. The number of hydrogen-bond donors (Lipinski definition) is 1. The van der Waals surface area contributed by atoms with E-state index in [1.54, 1.807) is 23.9 Å².